The van der Waals surface area contributed by atoms with Crippen LogP contribution in [-0.2, 0) is 14.8 Å². The van der Waals surface area contributed by atoms with Gasteiger partial charge in [-0.1, -0.05) is 57.4 Å². The Morgan fingerprint density at radius 1 is 1.03 bits per heavy atom. The van der Waals surface area contributed by atoms with E-state index in [0.29, 0.717) is 38.0 Å². The first-order chi connectivity index (χ1) is 14.3. The molecule has 0 spiro atoms. The highest BCUT2D eigenvalue weighted by Gasteiger charge is 2.26. The van der Waals surface area contributed by atoms with E-state index in [1.54, 1.807) is 4.90 Å². The Bertz CT molecular complexity index is 793. The average Bonchev–Trinajstić information content (AvgIpc) is 2.74. The fourth-order valence-electron chi connectivity index (χ4n) is 4.73. The fourth-order valence-corrected chi connectivity index (χ4v) is 5.55. The lowest BCUT2D eigenvalue weighted by Gasteiger charge is -2.34. The molecule has 2 fully saturated rings. The highest BCUT2D eigenvalue weighted by Crippen LogP contribution is 2.33. The summed E-state index contributed by atoms with van der Waals surface area (Å²) in [5, 5.41) is 3.45. The standard InChI is InChI=1S/C23H37N3O3S/c1-18(2)23(21-11-9-20(10-12-21)19-7-5-4-6-8-19)24-17-22(27)25-13-15-26(16-14-25)30(3,28)29/h9-12,18-19,23-24H,4-8,13-17H2,1-3H3. The molecular weight excluding hydrogens is 398 g/mol. The van der Waals surface area contributed by atoms with E-state index >= 15 is 0 Å². The van der Waals surface area contributed by atoms with E-state index in [2.05, 4.69) is 43.4 Å². The van der Waals surface area contributed by atoms with Crippen molar-refractivity contribution < 1.29 is 13.2 Å². The molecule has 1 unspecified atom stereocenters. The number of benzene rings is 1. The van der Waals surface area contributed by atoms with E-state index < -0.39 is 10.0 Å². The first kappa shape index (κ1) is 23.2. The first-order valence-corrected chi connectivity index (χ1v) is 13.2. The SMILES string of the molecule is CC(C)C(NCC(=O)N1CCN(S(C)(=O)=O)CC1)c1ccc(C2CCCCC2)cc1. The van der Waals surface area contributed by atoms with Gasteiger partial charge >= 0.3 is 0 Å². The van der Waals surface area contributed by atoms with Crippen LogP contribution in [0.4, 0.5) is 0 Å². The summed E-state index contributed by atoms with van der Waals surface area (Å²) in [6, 6.07) is 9.10. The topological polar surface area (TPSA) is 69.7 Å². The molecule has 1 aliphatic heterocycles. The van der Waals surface area contributed by atoms with E-state index in [-0.39, 0.29) is 18.5 Å². The normalized spacial score (nSPS) is 20.5. The molecule has 1 aromatic rings. The quantitative estimate of drug-likeness (QED) is 0.714. The number of nitrogens with zero attached hydrogens (tertiary/aromatic N) is 2. The van der Waals surface area contributed by atoms with Gasteiger partial charge in [0, 0.05) is 32.2 Å². The van der Waals surface area contributed by atoms with Gasteiger partial charge < -0.3 is 10.2 Å². The first-order valence-electron chi connectivity index (χ1n) is 11.3. The number of carbonyl (C=O) groups is 1. The van der Waals surface area contributed by atoms with Gasteiger partial charge in [0.15, 0.2) is 0 Å². The molecular formula is C23H37N3O3S. The van der Waals surface area contributed by atoms with Crippen molar-refractivity contribution in [1.82, 2.24) is 14.5 Å². The van der Waals surface area contributed by atoms with Gasteiger partial charge in [-0.2, -0.15) is 4.31 Å². The molecule has 0 radical (unpaired) electrons. The minimum Gasteiger partial charge on any atom is -0.339 e. The highest BCUT2D eigenvalue weighted by molar-refractivity contribution is 7.88. The molecule has 168 valence electrons. The maximum Gasteiger partial charge on any atom is 0.236 e. The summed E-state index contributed by atoms with van der Waals surface area (Å²) in [6.07, 6.45) is 7.86. The summed E-state index contributed by atoms with van der Waals surface area (Å²) >= 11 is 0. The van der Waals surface area contributed by atoms with Gasteiger partial charge in [0.2, 0.25) is 15.9 Å². The summed E-state index contributed by atoms with van der Waals surface area (Å²) < 4.78 is 24.7. The predicted octanol–water partition coefficient (Wildman–Crippen LogP) is 3.12. The molecule has 1 atom stereocenters. The van der Waals surface area contributed by atoms with Crippen LogP contribution in [0.2, 0.25) is 0 Å². The number of nitrogens with one attached hydrogen (secondary N) is 1. The zero-order chi connectivity index (χ0) is 21.7. The van der Waals surface area contributed by atoms with Crippen LogP contribution in [0.25, 0.3) is 0 Å². The largest absolute Gasteiger partial charge is 0.339 e. The van der Waals surface area contributed by atoms with E-state index in [0.717, 1.165) is 0 Å². The van der Waals surface area contributed by atoms with Crippen LogP contribution in [-0.4, -0.2) is 62.5 Å². The number of rotatable bonds is 7. The number of carbonyl (C=O) groups excluding carboxylic acids is 1. The summed E-state index contributed by atoms with van der Waals surface area (Å²) in [6.45, 7) is 6.27. The van der Waals surface area contributed by atoms with Crippen molar-refractivity contribution in [2.45, 2.75) is 57.9 Å². The van der Waals surface area contributed by atoms with E-state index in [1.165, 1.54) is 53.8 Å². The molecule has 1 saturated carbocycles. The molecule has 30 heavy (non-hydrogen) atoms. The van der Waals surface area contributed by atoms with Crippen LogP contribution in [0, 0.1) is 5.92 Å². The Labute approximate surface area is 182 Å². The van der Waals surface area contributed by atoms with Gasteiger partial charge in [-0.25, -0.2) is 8.42 Å². The van der Waals surface area contributed by atoms with Crippen LogP contribution in [0.1, 0.15) is 69.0 Å². The van der Waals surface area contributed by atoms with E-state index in [9.17, 15) is 13.2 Å². The second kappa shape index (κ2) is 10.2. The molecule has 1 N–H and O–H groups in total. The lowest BCUT2D eigenvalue weighted by Crippen LogP contribution is -2.52. The number of piperazine rings is 1. The zero-order valence-corrected chi connectivity index (χ0v) is 19.5. The van der Waals surface area contributed by atoms with Crippen LogP contribution < -0.4 is 5.32 Å². The predicted molar refractivity (Wildman–Crippen MR) is 121 cm³/mol. The van der Waals surface area contributed by atoms with Crippen molar-refractivity contribution in [2.75, 3.05) is 39.0 Å². The maximum atomic E-state index is 12.7. The Kier molecular flexibility index (Phi) is 7.93. The molecule has 1 heterocycles. The fraction of sp³-hybridized carbons (Fsp3) is 0.696. The molecule has 1 saturated heterocycles. The third-order valence-electron chi connectivity index (χ3n) is 6.57. The molecule has 7 heteroatoms. The Hall–Kier alpha value is -1.44. The third-order valence-corrected chi connectivity index (χ3v) is 7.88. The molecule has 0 aromatic heterocycles. The number of sulfonamides is 1. The smallest absolute Gasteiger partial charge is 0.236 e. The Morgan fingerprint density at radius 3 is 2.17 bits per heavy atom. The van der Waals surface area contributed by atoms with Gasteiger partial charge in [-0.3, -0.25) is 4.79 Å². The maximum absolute atomic E-state index is 12.7. The molecule has 6 nitrogen and oxygen atoms in total. The minimum absolute atomic E-state index is 0.0348. The summed E-state index contributed by atoms with van der Waals surface area (Å²) in [5.41, 5.74) is 2.67. The van der Waals surface area contributed by atoms with Gasteiger partial charge in [-0.15, -0.1) is 0 Å². The monoisotopic (exact) mass is 435 g/mol. The Morgan fingerprint density at radius 2 is 1.63 bits per heavy atom. The third kappa shape index (κ3) is 6.05. The summed E-state index contributed by atoms with van der Waals surface area (Å²) in [5.74, 6) is 1.10. The second-order valence-electron chi connectivity index (χ2n) is 9.15. The lowest BCUT2D eigenvalue weighted by atomic mass is 9.83. The molecule has 2 aliphatic rings. The van der Waals surface area contributed by atoms with Crippen LogP contribution in [0.5, 0.6) is 0 Å². The average molecular weight is 436 g/mol. The highest BCUT2D eigenvalue weighted by atomic mass is 32.2. The number of amides is 1. The van der Waals surface area contributed by atoms with Crippen LogP contribution >= 0.6 is 0 Å². The summed E-state index contributed by atoms with van der Waals surface area (Å²) in [4.78, 5) is 14.4. The van der Waals surface area contributed by atoms with E-state index in [4.69, 9.17) is 0 Å². The molecule has 0 bridgehead atoms. The second-order valence-corrected chi connectivity index (χ2v) is 11.1. The Balaban J connectivity index is 1.55. The van der Waals surface area contributed by atoms with Gasteiger partial charge in [0.05, 0.1) is 12.8 Å². The van der Waals surface area contributed by atoms with Gasteiger partial charge in [0.25, 0.3) is 0 Å². The summed E-state index contributed by atoms with van der Waals surface area (Å²) in [7, 11) is -3.18. The van der Waals surface area contributed by atoms with Crippen molar-refractivity contribution in [1.29, 1.82) is 0 Å². The number of hydrogen-bond acceptors (Lipinski definition) is 4. The van der Waals surface area contributed by atoms with Crippen molar-refractivity contribution >= 4 is 15.9 Å². The number of hydrogen-bond donors (Lipinski definition) is 1. The van der Waals surface area contributed by atoms with Gasteiger partial charge in [0.1, 0.15) is 0 Å². The van der Waals surface area contributed by atoms with Crippen molar-refractivity contribution in [3.63, 3.8) is 0 Å². The molecule has 1 aliphatic carbocycles. The van der Waals surface area contributed by atoms with Crippen LogP contribution in [0.15, 0.2) is 24.3 Å². The molecule has 1 aromatic carbocycles. The van der Waals surface area contributed by atoms with Crippen molar-refractivity contribution in [3.8, 4) is 0 Å². The minimum atomic E-state index is -3.18. The van der Waals surface area contributed by atoms with Crippen molar-refractivity contribution in [2.24, 2.45) is 5.92 Å². The lowest BCUT2D eigenvalue weighted by molar-refractivity contribution is -0.131. The van der Waals surface area contributed by atoms with E-state index in [1.807, 2.05) is 0 Å². The molecule has 1 amide bonds. The van der Waals surface area contributed by atoms with Crippen molar-refractivity contribution in [3.05, 3.63) is 35.4 Å². The van der Waals surface area contributed by atoms with Gasteiger partial charge in [-0.05, 0) is 35.8 Å². The molecule has 3 rings (SSSR count). The van der Waals surface area contributed by atoms with Crippen LogP contribution in [0.3, 0.4) is 0 Å². The zero-order valence-electron chi connectivity index (χ0n) is 18.6.